The van der Waals surface area contributed by atoms with Gasteiger partial charge in [-0.15, -0.1) is 25.6 Å². The van der Waals surface area contributed by atoms with E-state index in [0.29, 0.717) is 39.9 Å². The predicted molar refractivity (Wildman–Crippen MR) is 128 cm³/mol. The summed E-state index contributed by atoms with van der Waals surface area (Å²) in [4.78, 5) is 21.2. The molecule has 0 saturated heterocycles. The number of alkyl halides is 3. The fraction of sp³-hybridized carbons (Fsp3) is 0.364. The zero-order valence-corrected chi connectivity index (χ0v) is 20.6. The minimum Gasteiger partial charge on any atom is -0.493 e. The number of nitrogens with zero attached hydrogens (tertiary/aromatic N) is 3. The Morgan fingerprint density at radius 2 is 1.74 bits per heavy atom. The highest BCUT2D eigenvalue weighted by Gasteiger charge is 2.31. The van der Waals surface area contributed by atoms with E-state index in [1.165, 1.54) is 32.4 Å². The van der Waals surface area contributed by atoms with Gasteiger partial charge in [0.25, 0.3) is 0 Å². The van der Waals surface area contributed by atoms with E-state index in [2.05, 4.69) is 9.72 Å². The molecule has 0 N–H and O–H groups in total. The highest BCUT2D eigenvalue weighted by Crippen LogP contribution is 2.34. The van der Waals surface area contributed by atoms with Crippen molar-refractivity contribution in [3.8, 4) is 17.2 Å². The fourth-order valence-corrected chi connectivity index (χ4v) is 4.13. The molecular weight excluding hydrogens is 495 g/mol. The van der Waals surface area contributed by atoms with Gasteiger partial charge >= 0.3 is 6.36 Å². The zero-order valence-electron chi connectivity index (χ0n) is 19.0. The van der Waals surface area contributed by atoms with Crippen LogP contribution in [0.1, 0.15) is 5.56 Å². The van der Waals surface area contributed by atoms with Crippen molar-refractivity contribution in [2.24, 2.45) is 0 Å². The molecule has 0 radical (unpaired) electrons. The Morgan fingerprint density at radius 1 is 1.03 bits per heavy atom. The molecule has 0 unspecified atom stereocenters. The topological polar surface area (TPSA) is 64.1 Å². The van der Waals surface area contributed by atoms with E-state index in [-0.39, 0.29) is 30.5 Å². The molecule has 1 aromatic heterocycles. The van der Waals surface area contributed by atoms with Crippen LogP contribution in [-0.4, -0.2) is 63.6 Å². The Morgan fingerprint density at radius 3 is 2.35 bits per heavy atom. The highest BCUT2D eigenvalue weighted by atomic mass is 35.5. The third-order valence-electron chi connectivity index (χ3n) is 4.69. The monoisotopic (exact) mass is 519 g/mol. The summed E-state index contributed by atoms with van der Waals surface area (Å²) in [7, 11) is 6.82. The molecule has 0 spiro atoms. The van der Waals surface area contributed by atoms with Crippen molar-refractivity contribution in [1.82, 2.24) is 9.88 Å². The maximum atomic E-state index is 13.2. The number of thiazole rings is 1. The van der Waals surface area contributed by atoms with Gasteiger partial charge in [-0.2, -0.15) is 0 Å². The van der Waals surface area contributed by atoms with Gasteiger partial charge in [0.05, 0.1) is 30.9 Å². The molecule has 2 aromatic carbocycles. The number of ether oxygens (including phenoxy) is 3. The van der Waals surface area contributed by atoms with Gasteiger partial charge in [-0.1, -0.05) is 17.4 Å². The number of carbonyl (C=O) groups excluding carboxylic acids is 1. The maximum absolute atomic E-state index is 13.2. The summed E-state index contributed by atoms with van der Waals surface area (Å²) in [5, 5.41) is 0.404. The van der Waals surface area contributed by atoms with Crippen LogP contribution in [0.3, 0.4) is 0 Å². The number of aromatic nitrogens is 1. The second kappa shape index (κ2) is 11.6. The minimum atomic E-state index is -4.78. The van der Waals surface area contributed by atoms with Crippen LogP contribution in [0.15, 0.2) is 36.4 Å². The van der Waals surface area contributed by atoms with E-state index in [9.17, 15) is 18.0 Å². The second-order valence-corrected chi connectivity index (χ2v) is 8.40. The first kappa shape index (κ1) is 27.5. The molecule has 0 aliphatic heterocycles. The Labute approximate surface area is 205 Å². The van der Waals surface area contributed by atoms with Gasteiger partial charge in [0.15, 0.2) is 16.6 Å². The van der Waals surface area contributed by atoms with Crippen LogP contribution in [0, 0.1) is 0 Å². The van der Waals surface area contributed by atoms with Crippen molar-refractivity contribution in [2.45, 2.75) is 12.8 Å². The van der Waals surface area contributed by atoms with Crippen molar-refractivity contribution < 1.29 is 32.2 Å². The first-order chi connectivity index (χ1) is 15.6. The first-order valence-electron chi connectivity index (χ1n) is 9.92. The van der Waals surface area contributed by atoms with Crippen LogP contribution >= 0.6 is 23.7 Å². The summed E-state index contributed by atoms with van der Waals surface area (Å²) in [6.07, 6.45) is -4.69. The van der Waals surface area contributed by atoms with Gasteiger partial charge in [0.2, 0.25) is 5.91 Å². The molecule has 186 valence electrons. The molecule has 12 heteroatoms. The highest BCUT2D eigenvalue weighted by molar-refractivity contribution is 7.22. The standard InChI is InChI=1S/C22H24F3N3O4S.ClH/c1-27(2)9-10-28(20(29)12-14-5-8-17(30-3)18(11-14)31-4)21-26-16-7-6-15(13-19(16)33-21)32-22(23,24)25;/h5-8,11,13H,9-10,12H2,1-4H3;1H. The van der Waals surface area contributed by atoms with Crippen molar-refractivity contribution >= 4 is 45.0 Å². The third-order valence-corrected chi connectivity index (χ3v) is 5.73. The normalized spacial score (nSPS) is 11.3. The van der Waals surface area contributed by atoms with Crippen LogP contribution in [0.2, 0.25) is 0 Å². The number of rotatable bonds is 9. The predicted octanol–water partition coefficient (Wildman–Crippen LogP) is 4.77. The number of fused-ring (bicyclic) bond motifs is 1. The van der Waals surface area contributed by atoms with Gasteiger partial charge in [0, 0.05) is 19.2 Å². The molecule has 0 atom stereocenters. The van der Waals surface area contributed by atoms with Crippen LogP contribution in [0.4, 0.5) is 18.3 Å². The minimum absolute atomic E-state index is 0. The number of hydrogen-bond acceptors (Lipinski definition) is 7. The molecule has 1 amide bonds. The van der Waals surface area contributed by atoms with Gasteiger partial charge in [0.1, 0.15) is 5.75 Å². The molecule has 34 heavy (non-hydrogen) atoms. The summed E-state index contributed by atoms with van der Waals surface area (Å²) >= 11 is 1.13. The van der Waals surface area contributed by atoms with Crippen molar-refractivity contribution in [2.75, 3.05) is 46.3 Å². The molecule has 1 heterocycles. The van der Waals surface area contributed by atoms with Crippen LogP contribution in [0.25, 0.3) is 10.2 Å². The summed E-state index contributed by atoms with van der Waals surface area (Å²) < 4.78 is 52.7. The fourth-order valence-electron chi connectivity index (χ4n) is 3.09. The number of benzene rings is 2. The van der Waals surface area contributed by atoms with Crippen molar-refractivity contribution in [1.29, 1.82) is 0 Å². The van der Waals surface area contributed by atoms with Gasteiger partial charge in [-0.3, -0.25) is 9.69 Å². The van der Waals surface area contributed by atoms with Crippen LogP contribution < -0.4 is 19.1 Å². The lowest BCUT2D eigenvalue weighted by Crippen LogP contribution is -2.37. The van der Waals surface area contributed by atoms with E-state index >= 15 is 0 Å². The molecule has 0 aliphatic carbocycles. The summed E-state index contributed by atoms with van der Waals surface area (Å²) in [5.41, 5.74) is 1.22. The largest absolute Gasteiger partial charge is 0.573 e. The quantitative estimate of drug-likeness (QED) is 0.406. The van der Waals surface area contributed by atoms with E-state index in [0.717, 1.165) is 16.9 Å². The Bertz CT molecular complexity index is 1120. The zero-order chi connectivity index (χ0) is 24.2. The third kappa shape index (κ3) is 7.12. The van der Waals surface area contributed by atoms with Gasteiger partial charge in [-0.25, -0.2) is 4.98 Å². The van der Waals surface area contributed by atoms with E-state index in [1.807, 2.05) is 19.0 Å². The molecule has 0 aliphatic rings. The molecule has 0 bridgehead atoms. The second-order valence-electron chi connectivity index (χ2n) is 7.39. The molecular formula is C22H25ClF3N3O4S. The summed E-state index contributed by atoms with van der Waals surface area (Å²) in [5.74, 6) is 0.539. The van der Waals surface area contributed by atoms with E-state index in [4.69, 9.17) is 9.47 Å². The lowest BCUT2D eigenvalue weighted by Gasteiger charge is -2.22. The molecule has 3 aromatic rings. The van der Waals surface area contributed by atoms with Crippen LogP contribution in [-0.2, 0) is 11.2 Å². The number of halogens is 4. The lowest BCUT2D eigenvalue weighted by molar-refractivity contribution is -0.274. The molecule has 0 fully saturated rings. The Hall–Kier alpha value is -2.76. The van der Waals surface area contributed by atoms with E-state index < -0.39 is 6.36 Å². The van der Waals surface area contributed by atoms with Gasteiger partial charge < -0.3 is 19.1 Å². The van der Waals surface area contributed by atoms with Crippen molar-refractivity contribution in [3.05, 3.63) is 42.0 Å². The first-order valence-corrected chi connectivity index (χ1v) is 10.7. The SMILES string of the molecule is COc1ccc(CC(=O)N(CCN(C)C)c2nc3ccc(OC(F)(F)F)cc3s2)cc1OC.Cl. The number of anilines is 1. The lowest BCUT2D eigenvalue weighted by atomic mass is 10.1. The summed E-state index contributed by atoms with van der Waals surface area (Å²) in [6, 6.07) is 9.16. The average Bonchev–Trinajstić information content (AvgIpc) is 3.15. The Balaban J connectivity index is 0.00000408. The maximum Gasteiger partial charge on any atom is 0.573 e. The number of likely N-dealkylation sites (N-methyl/N-ethyl adjacent to an activating group) is 1. The number of methoxy groups -OCH3 is 2. The van der Waals surface area contributed by atoms with E-state index in [1.54, 1.807) is 23.1 Å². The average molecular weight is 520 g/mol. The molecule has 7 nitrogen and oxygen atoms in total. The summed E-state index contributed by atoms with van der Waals surface area (Å²) in [6.45, 7) is 0.945. The Kier molecular flexibility index (Phi) is 9.37. The molecule has 3 rings (SSSR count). The number of amides is 1. The molecule has 0 saturated carbocycles. The smallest absolute Gasteiger partial charge is 0.493 e. The number of hydrogen-bond donors (Lipinski definition) is 0. The van der Waals surface area contributed by atoms with Crippen LogP contribution in [0.5, 0.6) is 17.2 Å². The van der Waals surface area contributed by atoms with Gasteiger partial charge in [-0.05, 0) is 43.9 Å². The number of carbonyl (C=O) groups is 1. The van der Waals surface area contributed by atoms with Crippen molar-refractivity contribution in [3.63, 3.8) is 0 Å².